The van der Waals surface area contributed by atoms with Gasteiger partial charge in [0.1, 0.15) is 5.60 Å². The predicted molar refractivity (Wildman–Crippen MR) is 67.0 cm³/mol. The van der Waals surface area contributed by atoms with Crippen molar-refractivity contribution in [2.45, 2.75) is 26.4 Å². The molecule has 0 spiro atoms. The molecule has 1 aromatic heterocycles. The van der Waals surface area contributed by atoms with Gasteiger partial charge in [-0.1, -0.05) is 0 Å². The molecule has 0 aliphatic rings. The molecule has 1 amide bonds. The van der Waals surface area contributed by atoms with Crippen molar-refractivity contribution in [1.82, 2.24) is 4.98 Å². The van der Waals surface area contributed by atoms with Crippen LogP contribution in [0.5, 0.6) is 0 Å². The van der Waals surface area contributed by atoms with Crippen LogP contribution in [0.25, 0.3) is 0 Å². The van der Waals surface area contributed by atoms with Gasteiger partial charge < -0.3 is 4.74 Å². The van der Waals surface area contributed by atoms with Crippen LogP contribution >= 0.6 is 22.9 Å². The molecule has 0 N–H and O–H groups in total. The molecule has 82 valence electrons. The fourth-order valence-corrected chi connectivity index (χ4v) is 1.26. The van der Waals surface area contributed by atoms with E-state index in [1.165, 1.54) is 3.11 Å². The lowest BCUT2D eigenvalue weighted by molar-refractivity contribution is 0.0617. The average Bonchev–Trinajstić information content (AvgIpc) is 2.15. The summed E-state index contributed by atoms with van der Waals surface area (Å²) in [7, 11) is 0. The van der Waals surface area contributed by atoms with Crippen LogP contribution < -0.4 is 3.11 Å². The zero-order valence-corrected chi connectivity index (χ0v) is 11.1. The summed E-state index contributed by atoms with van der Waals surface area (Å²) in [5, 5.41) is 0. The number of halogens is 1. The van der Waals surface area contributed by atoms with E-state index < -0.39 is 11.7 Å². The van der Waals surface area contributed by atoms with Gasteiger partial charge in [0.15, 0.2) is 0 Å². The lowest BCUT2D eigenvalue weighted by atomic mass is 10.2. The van der Waals surface area contributed by atoms with E-state index in [0.29, 0.717) is 5.69 Å². The van der Waals surface area contributed by atoms with E-state index in [2.05, 4.69) is 4.98 Å². The van der Waals surface area contributed by atoms with Gasteiger partial charge in [0.25, 0.3) is 0 Å². The van der Waals surface area contributed by atoms with Crippen molar-refractivity contribution >= 4 is 34.6 Å². The Kier molecular flexibility index (Phi) is 3.90. The number of rotatable bonds is 1. The van der Waals surface area contributed by atoms with Crippen molar-refractivity contribution in [3.8, 4) is 0 Å². The Morgan fingerprint density at radius 3 is 2.67 bits per heavy atom. The van der Waals surface area contributed by atoms with Crippen LogP contribution in [0.3, 0.4) is 0 Å². The van der Waals surface area contributed by atoms with Crippen molar-refractivity contribution in [2.24, 2.45) is 0 Å². The highest BCUT2D eigenvalue weighted by atomic mass is 127. The monoisotopic (exact) mass is 320 g/mol. The number of hydrogen-bond acceptors (Lipinski definition) is 3. The minimum Gasteiger partial charge on any atom is -0.443 e. The molecule has 1 rings (SSSR count). The van der Waals surface area contributed by atoms with Gasteiger partial charge in [-0.3, -0.25) is 4.98 Å². The first kappa shape index (κ1) is 12.2. The fourth-order valence-electron chi connectivity index (χ4n) is 0.877. The Morgan fingerprint density at radius 2 is 2.20 bits per heavy atom. The van der Waals surface area contributed by atoms with Crippen LogP contribution in [-0.4, -0.2) is 16.7 Å². The van der Waals surface area contributed by atoms with Crippen molar-refractivity contribution < 1.29 is 9.53 Å². The average molecular weight is 320 g/mol. The van der Waals surface area contributed by atoms with Crippen LogP contribution in [-0.2, 0) is 4.74 Å². The van der Waals surface area contributed by atoms with Gasteiger partial charge in [0.05, 0.1) is 34.7 Å². The third kappa shape index (κ3) is 4.03. The van der Waals surface area contributed by atoms with Crippen molar-refractivity contribution in [1.29, 1.82) is 0 Å². The number of anilines is 1. The molecule has 0 aromatic carbocycles. The van der Waals surface area contributed by atoms with Crippen LogP contribution in [0.4, 0.5) is 10.5 Å². The van der Waals surface area contributed by atoms with E-state index in [0.717, 1.165) is 0 Å². The quantitative estimate of drug-likeness (QED) is 0.590. The maximum Gasteiger partial charge on any atom is 0.423 e. The summed E-state index contributed by atoms with van der Waals surface area (Å²) >= 11 is 1.89. The maximum absolute atomic E-state index is 11.6. The molecule has 0 bridgehead atoms. The minimum atomic E-state index is -0.483. The van der Waals surface area contributed by atoms with Gasteiger partial charge in [0.2, 0.25) is 0 Å². The molecule has 1 heterocycles. The van der Waals surface area contributed by atoms with E-state index in [4.69, 9.17) is 4.74 Å². The summed E-state index contributed by atoms with van der Waals surface area (Å²) in [6.07, 6.45) is 2.87. The summed E-state index contributed by atoms with van der Waals surface area (Å²) in [6, 6.07) is 3.56. The maximum atomic E-state index is 11.6. The summed E-state index contributed by atoms with van der Waals surface area (Å²) < 4.78 is 6.60. The minimum absolute atomic E-state index is 0.392. The molecule has 4 nitrogen and oxygen atoms in total. The zero-order valence-electron chi connectivity index (χ0n) is 8.90. The second-order valence-electron chi connectivity index (χ2n) is 3.97. The van der Waals surface area contributed by atoms with Crippen LogP contribution in [0.1, 0.15) is 20.8 Å². The zero-order chi connectivity index (χ0) is 11.5. The molecule has 0 radical (unpaired) electrons. The molecule has 0 atom stereocenters. The summed E-state index contributed by atoms with van der Waals surface area (Å²) in [5.41, 5.74) is 0.218. The predicted octanol–water partition coefficient (Wildman–Crippen LogP) is 3.17. The highest BCUT2D eigenvalue weighted by Gasteiger charge is 2.21. The van der Waals surface area contributed by atoms with Crippen LogP contribution in [0, 0.1) is 0 Å². The SMILES string of the molecule is CC(C)(C)OC(=O)N(I)c1cccnc1. The standard InChI is InChI=1S/C10H13IN2O2/c1-10(2,3)15-9(14)13(11)8-5-4-6-12-7-8/h4-7H,1-3H3. The Labute approximate surface area is 103 Å². The van der Waals surface area contributed by atoms with Crippen molar-refractivity contribution in [2.75, 3.05) is 3.11 Å². The Bertz CT molecular complexity index is 335. The van der Waals surface area contributed by atoms with E-state index in [-0.39, 0.29) is 0 Å². The fraction of sp³-hybridized carbons (Fsp3) is 0.400. The van der Waals surface area contributed by atoms with Gasteiger partial charge in [-0.25, -0.2) is 7.91 Å². The topological polar surface area (TPSA) is 42.4 Å². The number of carbonyl (C=O) groups is 1. The highest BCUT2D eigenvalue weighted by molar-refractivity contribution is 14.1. The molecule has 0 aliphatic carbocycles. The Hall–Kier alpha value is -0.850. The van der Waals surface area contributed by atoms with E-state index in [1.54, 1.807) is 24.5 Å². The lowest BCUT2D eigenvalue weighted by Crippen LogP contribution is -2.30. The molecule has 0 saturated heterocycles. The molecule has 0 unspecified atom stereocenters. The molecular formula is C10H13IN2O2. The molecule has 5 heteroatoms. The van der Waals surface area contributed by atoms with Crippen LogP contribution in [0.2, 0.25) is 0 Å². The van der Waals surface area contributed by atoms with Gasteiger partial charge in [-0.05, 0) is 32.9 Å². The van der Waals surface area contributed by atoms with E-state index in [9.17, 15) is 4.79 Å². The molecule has 1 aromatic rings. The molecule has 0 aliphatic heterocycles. The third-order valence-corrected chi connectivity index (χ3v) is 2.38. The second-order valence-corrected chi connectivity index (χ2v) is 4.94. The van der Waals surface area contributed by atoms with Gasteiger partial charge in [0, 0.05) is 6.20 Å². The number of pyridine rings is 1. The van der Waals surface area contributed by atoms with Crippen LogP contribution in [0.15, 0.2) is 24.5 Å². The largest absolute Gasteiger partial charge is 0.443 e. The number of ether oxygens (including phenoxy) is 1. The van der Waals surface area contributed by atoms with Gasteiger partial charge in [-0.2, -0.15) is 0 Å². The van der Waals surface area contributed by atoms with Gasteiger partial charge >= 0.3 is 6.09 Å². The second kappa shape index (κ2) is 4.78. The lowest BCUT2D eigenvalue weighted by Gasteiger charge is -2.23. The summed E-state index contributed by atoms with van der Waals surface area (Å²) in [4.78, 5) is 15.6. The molecular weight excluding hydrogens is 307 g/mol. The number of amides is 1. The van der Waals surface area contributed by atoms with E-state index >= 15 is 0 Å². The molecule has 0 fully saturated rings. The number of carbonyl (C=O) groups excluding carboxylic acids is 1. The number of aromatic nitrogens is 1. The summed E-state index contributed by atoms with van der Waals surface area (Å²) in [5.74, 6) is 0. The smallest absolute Gasteiger partial charge is 0.423 e. The van der Waals surface area contributed by atoms with E-state index in [1.807, 2.05) is 43.6 Å². The Balaban J connectivity index is 2.70. The normalized spacial score (nSPS) is 10.9. The third-order valence-electron chi connectivity index (χ3n) is 1.43. The number of nitrogens with zero attached hydrogens (tertiary/aromatic N) is 2. The first-order valence-corrected chi connectivity index (χ1v) is 5.45. The van der Waals surface area contributed by atoms with Crippen molar-refractivity contribution in [3.05, 3.63) is 24.5 Å². The molecule has 15 heavy (non-hydrogen) atoms. The van der Waals surface area contributed by atoms with Crippen molar-refractivity contribution in [3.63, 3.8) is 0 Å². The Morgan fingerprint density at radius 1 is 1.53 bits per heavy atom. The highest BCUT2D eigenvalue weighted by Crippen LogP contribution is 2.20. The first-order valence-electron chi connectivity index (χ1n) is 4.49. The first-order chi connectivity index (χ1) is 6.90. The molecule has 0 saturated carbocycles. The summed E-state index contributed by atoms with van der Waals surface area (Å²) in [6.45, 7) is 5.50. The number of hydrogen-bond donors (Lipinski definition) is 0. The van der Waals surface area contributed by atoms with Gasteiger partial charge in [-0.15, -0.1) is 0 Å².